The van der Waals surface area contributed by atoms with E-state index < -0.39 is 16.1 Å². The first-order chi connectivity index (χ1) is 17.8. The van der Waals surface area contributed by atoms with Gasteiger partial charge in [-0.05, 0) is 55.7 Å². The molecule has 0 saturated carbocycles. The number of carbonyl (C=O) groups is 1. The number of hydrogen-bond donors (Lipinski definition) is 1. The van der Waals surface area contributed by atoms with Gasteiger partial charge < -0.3 is 14.8 Å². The lowest BCUT2D eigenvalue weighted by molar-refractivity contribution is -0.129. The van der Waals surface area contributed by atoms with Crippen LogP contribution in [0.5, 0.6) is 11.5 Å². The molecule has 5 rings (SSSR count). The Morgan fingerprint density at radius 2 is 1.70 bits per heavy atom. The van der Waals surface area contributed by atoms with Crippen LogP contribution in [0.4, 0.5) is 5.69 Å². The lowest BCUT2D eigenvalue weighted by atomic mass is 9.83. The number of para-hydroxylation sites is 1. The Balaban J connectivity index is 1.47. The van der Waals surface area contributed by atoms with Gasteiger partial charge in [0, 0.05) is 12.0 Å². The largest absolute Gasteiger partial charge is 0.487 e. The molecule has 2 atom stereocenters. The highest BCUT2D eigenvalue weighted by atomic mass is 32.2. The first kappa shape index (κ1) is 25.1. The van der Waals surface area contributed by atoms with Gasteiger partial charge in [-0.3, -0.25) is 9.10 Å². The number of amides is 1. The summed E-state index contributed by atoms with van der Waals surface area (Å²) >= 11 is 0. The molecule has 7 nitrogen and oxygen atoms in total. The molecule has 0 spiro atoms. The van der Waals surface area contributed by atoms with E-state index in [0.29, 0.717) is 17.9 Å². The summed E-state index contributed by atoms with van der Waals surface area (Å²) in [5.41, 5.74) is 1.86. The van der Waals surface area contributed by atoms with Crippen LogP contribution in [0, 0.1) is 6.92 Å². The minimum atomic E-state index is -3.91. The Labute approximate surface area is 218 Å². The van der Waals surface area contributed by atoms with Crippen LogP contribution < -0.4 is 19.1 Å². The summed E-state index contributed by atoms with van der Waals surface area (Å²) in [7, 11) is -3.91. The zero-order valence-corrected chi connectivity index (χ0v) is 22.1. The normalized spacial score (nSPS) is 20.1. The third-order valence-corrected chi connectivity index (χ3v) is 9.20. The van der Waals surface area contributed by atoms with E-state index in [0.717, 1.165) is 29.7 Å². The Morgan fingerprint density at radius 3 is 2.43 bits per heavy atom. The minimum absolute atomic E-state index is 0.128. The molecule has 0 saturated heterocycles. The summed E-state index contributed by atoms with van der Waals surface area (Å²) in [5, 5.41) is 3.16. The Morgan fingerprint density at radius 1 is 1.00 bits per heavy atom. The molecule has 194 valence electrons. The SMILES string of the molecule is CCC1(CC)C[C@H](NC(=O)[C@H]2CN(S(=O)(=O)c3ccccc3)c3ccc(C)cc3O2)c2ccccc2O1. The summed E-state index contributed by atoms with van der Waals surface area (Å²) in [6.45, 7) is 5.95. The molecule has 37 heavy (non-hydrogen) atoms. The summed E-state index contributed by atoms with van der Waals surface area (Å²) in [6, 6.07) is 21.0. The smallest absolute Gasteiger partial charge is 0.264 e. The first-order valence-electron chi connectivity index (χ1n) is 12.7. The molecule has 0 aromatic heterocycles. The highest BCUT2D eigenvalue weighted by Gasteiger charge is 2.42. The number of anilines is 1. The maximum absolute atomic E-state index is 13.7. The van der Waals surface area contributed by atoms with Gasteiger partial charge in [-0.1, -0.05) is 56.3 Å². The van der Waals surface area contributed by atoms with E-state index in [1.807, 2.05) is 37.3 Å². The topological polar surface area (TPSA) is 84.9 Å². The van der Waals surface area contributed by atoms with E-state index in [-0.39, 0.29) is 29.0 Å². The first-order valence-corrected chi connectivity index (χ1v) is 14.1. The van der Waals surface area contributed by atoms with Crippen molar-refractivity contribution in [2.75, 3.05) is 10.8 Å². The van der Waals surface area contributed by atoms with Crippen LogP contribution in [-0.4, -0.2) is 32.6 Å². The van der Waals surface area contributed by atoms with Crippen LogP contribution >= 0.6 is 0 Å². The maximum atomic E-state index is 13.7. The average molecular weight is 521 g/mol. The zero-order valence-electron chi connectivity index (χ0n) is 21.3. The lowest BCUT2D eigenvalue weighted by Gasteiger charge is -2.42. The second-order valence-electron chi connectivity index (χ2n) is 9.72. The quantitative estimate of drug-likeness (QED) is 0.486. The van der Waals surface area contributed by atoms with Crippen LogP contribution in [0.3, 0.4) is 0 Å². The molecule has 2 heterocycles. The highest BCUT2D eigenvalue weighted by molar-refractivity contribution is 7.92. The van der Waals surface area contributed by atoms with Gasteiger partial charge in [0.05, 0.1) is 23.2 Å². The molecule has 3 aromatic carbocycles. The van der Waals surface area contributed by atoms with Crippen LogP contribution in [0.15, 0.2) is 77.7 Å². The summed E-state index contributed by atoms with van der Waals surface area (Å²) < 4.78 is 41.1. The fourth-order valence-corrected chi connectivity index (χ4v) is 6.64. The van der Waals surface area contributed by atoms with E-state index >= 15 is 0 Å². The second-order valence-corrected chi connectivity index (χ2v) is 11.6. The maximum Gasteiger partial charge on any atom is 0.264 e. The molecule has 2 aliphatic rings. The zero-order chi connectivity index (χ0) is 26.2. The van der Waals surface area contributed by atoms with Crippen LogP contribution in [-0.2, 0) is 14.8 Å². The Kier molecular flexibility index (Phi) is 6.62. The molecular formula is C29H32N2O5S. The molecule has 0 fully saturated rings. The van der Waals surface area contributed by atoms with Crippen molar-refractivity contribution in [1.82, 2.24) is 5.32 Å². The summed E-state index contributed by atoms with van der Waals surface area (Å²) in [4.78, 5) is 13.8. The number of rotatable bonds is 6. The van der Waals surface area contributed by atoms with E-state index in [9.17, 15) is 13.2 Å². The van der Waals surface area contributed by atoms with Crippen molar-refractivity contribution in [3.05, 3.63) is 83.9 Å². The van der Waals surface area contributed by atoms with Crippen molar-refractivity contribution in [2.24, 2.45) is 0 Å². The molecule has 0 unspecified atom stereocenters. The number of ether oxygens (including phenoxy) is 2. The highest BCUT2D eigenvalue weighted by Crippen LogP contribution is 2.43. The van der Waals surface area contributed by atoms with Crippen LogP contribution in [0.25, 0.3) is 0 Å². The monoisotopic (exact) mass is 520 g/mol. The van der Waals surface area contributed by atoms with Gasteiger partial charge in [-0.15, -0.1) is 0 Å². The van der Waals surface area contributed by atoms with Crippen LogP contribution in [0.2, 0.25) is 0 Å². The Bertz CT molecular complexity index is 1400. The third-order valence-electron chi connectivity index (χ3n) is 7.41. The molecular weight excluding hydrogens is 488 g/mol. The number of benzene rings is 3. The van der Waals surface area contributed by atoms with Crippen molar-refractivity contribution in [1.29, 1.82) is 0 Å². The minimum Gasteiger partial charge on any atom is -0.487 e. The van der Waals surface area contributed by atoms with E-state index in [2.05, 4.69) is 19.2 Å². The number of fused-ring (bicyclic) bond motifs is 2. The third kappa shape index (κ3) is 4.66. The molecule has 1 amide bonds. The van der Waals surface area contributed by atoms with Crippen molar-refractivity contribution >= 4 is 21.6 Å². The fourth-order valence-electron chi connectivity index (χ4n) is 5.14. The lowest BCUT2D eigenvalue weighted by Crippen LogP contribution is -2.52. The second kappa shape index (κ2) is 9.74. The fraction of sp³-hybridized carbons (Fsp3) is 0.345. The van der Waals surface area contributed by atoms with Gasteiger partial charge in [0.2, 0.25) is 0 Å². The molecule has 8 heteroatoms. The van der Waals surface area contributed by atoms with E-state index in [1.165, 1.54) is 4.31 Å². The molecule has 1 N–H and O–H groups in total. The predicted molar refractivity (Wildman–Crippen MR) is 142 cm³/mol. The van der Waals surface area contributed by atoms with Gasteiger partial charge in [0.1, 0.15) is 17.1 Å². The molecule has 3 aromatic rings. The van der Waals surface area contributed by atoms with Crippen molar-refractivity contribution in [3.63, 3.8) is 0 Å². The number of nitrogens with one attached hydrogen (secondary N) is 1. The van der Waals surface area contributed by atoms with E-state index in [1.54, 1.807) is 42.5 Å². The summed E-state index contributed by atoms with van der Waals surface area (Å²) in [5.74, 6) is 0.777. The molecule has 0 radical (unpaired) electrons. The molecule has 2 aliphatic heterocycles. The van der Waals surface area contributed by atoms with Crippen molar-refractivity contribution < 1.29 is 22.7 Å². The van der Waals surface area contributed by atoms with Gasteiger partial charge in [-0.25, -0.2) is 8.42 Å². The Hall–Kier alpha value is -3.52. The van der Waals surface area contributed by atoms with Gasteiger partial charge >= 0.3 is 0 Å². The van der Waals surface area contributed by atoms with E-state index in [4.69, 9.17) is 9.47 Å². The van der Waals surface area contributed by atoms with Crippen molar-refractivity contribution in [3.8, 4) is 11.5 Å². The molecule has 0 aliphatic carbocycles. The summed E-state index contributed by atoms with van der Waals surface area (Å²) in [6.07, 6.45) is 1.22. The number of hydrogen-bond acceptors (Lipinski definition) is 5. The average Bonchev–Trinajstić information content (AvgIpc) is 2.92. The number of aryl methyl sites for hydroxylation is 1. The van der Waals surface area contributed by atoms with Gasteiger partial charge in [-0.2, -0.15) is 0 Å². The number of nitrogens with zero attached hydrogens (tertiary/aromatic N) is 1. The number of sulfonamides is 1. The predicted octanol–water partition coefficient (Wildman–Crippen LogP) is 5.15. The standard InChI is InChI=1S/C29H32N2O5S/c1-4-29(5-2)18-23(22-13-9-10-14-25(22)36-29)30-28(32)27-19-31(24-16-15-20(3)17-26(24)35-27)37(33,34)21-11-7-6-8-12-21/h6-17,23,27H,4-5,18-19H2,1-3H3,(H,30,32)/t23-,27+/m0/s1. The van der Waals surface area contributed by atoms with Crippen molar-refractivity contribution in [2.45, 2.75) is 62.7 Å². The van der Waals surface area contributed by atoms with Gasteiger partial charge in [0.15, 0.2) is 6.10 Å². The molecule has 0 bridgehead atoms. The van der Waals surface area contributed by atoms with Gasteiger partial charge in [0.25, 0.3) is 15.9 Å². The number of carbonyl (C=O) groups excluding carboxylic acids is 1. The van der Waals surface area contributed by atoms with Crippen LogP contribution in [0.1, 0.15) is 50.3 Å².